The highest BCUT2D eigenvalue weighted by Gasteiger charge is 2.10. The number of hydrogen-bond donors (Lipinski definition) is 2. The summed E-state index contributed by atoms with van der Waals surface area (Å²) in [6, 6.07) is 0. The lowest BCUT2D eigenvalue weighted by Crippen LogP contribution is -2.35. The summed E-state index contributed by atoms with van der Waals surface area (Å²) in [6.07, 6.45) is 11.5. The number of aliphatic hydroxyl groups is 2. The second kappa shape index (κ2) is 13.6. The second-order valence-corrected chi connectivity index (χ2v) is 4.69. The molecular weight excluding hydrogens is 242 g/mol. The minimum atomic E-state index is -0.0525. The van der Waals surface area contributed by atoms with E-state index < -0.39 is 0 Å². The van der Waals surface area contributed by atoms with E-state index in [2.05, 4.69) is 19.1 Å². The molecule has 1 amide bonds. The van der Waals surface area contributed by atoms with Crippen LogP contribution in [-0.2, 0) is 4.79 Å². The van der Waals surface area contributed by atoms with Crippen LogP contribution in [0.2, 0.25) is 0 Å². The standard InChI is InChI=1S/C15H29NO3/c1-2-3-4-5-6-7-8-9-10-15(19)16(11-13-17)12-14-18/h6-7,17-18H,2-5,8-14H2,1H3/b7-6+. The van der Waals surface area contributed by atoms with Crippen LogP contribution < -0.4 is 0 Å². The summed E-state index contributed by atoms with van der Waals surface area (Å²) in [5.41, 5.74) is 0. The molecule has 0 unspecified atom stereocenters. The van der Waals surface area contributed by atoms with Gasteiger partial charge in [-0.05, 0) is 25.7 Å². The van der Waals surface area contributed by atoms with Crippen LogP contribution in [0.15, 0.2) is 12.2 Å². The lowest BCUT2D eigenvalue weighted by atomic mass is 10.1. The van der Waals surface area contributed by atoms with Gasteiger partial charge in [0, 0.05) is 19.5 Å². The van der Waals surface area contributed by atoms with Gasteiger partial charge in [-0.1, -0.05) is 31.9 Å². The van der Waals surface area contributed by atoms with Crippen molar-refractivity contribution in [3.8, 4) is 0 Å². The molecule has 0 radical (unpaired) electrons. The molecule has 0 aromatic heterocycles. The first-order chi connectivity index (χ1) is 9.26. The normalized spacial score (nSPS) is 11.1. The molecule has 0 saturated carbocycles. The zero-order chi connectivity index (χ0) is 14.3. The summed E-state index contributed by atoms with van der Waals surface area (Å²) in [6.45, 7) is 2.71. The molecule has 112 valence electrons. The maximum atomic E-state index is 11.8. The first kappa shape index (κ1) is 18.1. The third-order valence-corrected chi connectivity index (χ3v) is 2.99. The van der Waals surface area contributed by atoms with E-state index in [-0.39, 0.29) is 19.1 Å². The van der Waals surface area contributed by atoms with Crippen molar-refractivity contribution >= 4 is 5.91 Å². The van der Waals surface area contributed by atoms with Gasteiger partial charge in [-0.2, -0.15) is 0 Å². The van der Waals surface area contributed by atoms with Crippen molar-refractivity contribution in [2.45, 2.75) is 51.9 Å². The molecule has 19 heavy (non-hydrogen) atoms. The zero-order valence-corrected chi connectivity index (χ0v) is 12.2. The summed E-state index contributed by atoms with van der Waals surface area (Å²) in [4.78, 5) is 13.3. The Bertz CT molecular complexity index is 236. The summed E-state index contributed by atoms with van der Waals surface area (Å²) in [5.74, 6) is 0.0162. The molecule has 0 aromatic rings. The van der Waals surface area contributed by atoms with Gasteiger partial charge < -0.3 is 15.1 Å². The summed E-state index contributed by atoms with van der Waals surface area (Å²) in [7, 11) is 0. The Balaban J connectivity index is 3.65. The topological polar surface area (TPSA) is 60.8 Å². The van der Waals surface area contributed by atoms with Crippen LogP contribution >= 0.6 is 0 Å². The predicted molar refractivity (Wildman–Crippen MR) is 77.9 cm³/mol. The van der Waals surface area contributed by atoms with Crippen molar-refractivity contribution in [3.05, 3.63) is 12.2 Å². The lowest BCUT2D eigenvalue weighted by molar-refractivity contribution is -0.132. The molecule has 2 N–H and O–H groups in total. The van der Waals surface area contributed by atoms with Gasteiger partial charge >= 0.3 is 0 Å². The number of allylic oxidation sites excluding steroid dienone is 2. The number of hydrogen-bond acceptors (Lipinski definition) is 3. The summed E-state index contributed by atoms with van der Waals surface area (Å²) < 4.78 is 0. The van der Waals surface area contributed by atoms with E-state index in [9.17, 15) is 4.79 Å². The van der Waals surface area contributed by atoms with Crippen LogP contribution in [0.25, 0.3) is 0 Å². The Morgan fingerprint density at radius 3 is 2.11 bits per heavy atom. The Morgan fingerprint density at radius 2 is 1.58 bits per heavy atom. The van der Waals surface area contributed by atoms with Crippen LogP contribution in [0.1, 0.15) is 51.9 Å². The largest absolute Gasteiger partial charge is 0.395 e. The SMILES string of the molecule is CCCCC/C=C/CCCC(=O)N(CCO)CCO. The van der Waals surface area contributed by atoms with Crippen molar-refractivity contribution in [3.63, 3.8) is 0 Å². The third kappa shape index (κ3) is 10.7. The number of nitrogens with zero attached hydrogens (tertiary/aromatic N) is 1. The van der Waals surface area contributed by atoms with Crippen LogP contribution in [0.3, 0.4) is 0 Å². The number of aliphatic hydroxyl groups excluding tert-OH is 2. The third-order valence-electron chi connectivity index (χ3n) is 2.99. The molecule has 0 aliphatic rings. The number of unbranched alkanes of at least 4 members (excludes halogenated alkanes) is 4. The van der Waals surface area contributed by atoms with E-state index in [1.165, 1.54) is 24.2 Å². The Kier molecular flexibility index (Phi) is 12.9. The quantitative estimate of drug-likeness (QED) is 0.422. The average Bonchev–Trinajstić information content (AvgIpc) is 2.41. The lowest BCUT2D eigenvalue weighted by Gasteiger charge is -2.20. The van der Waals surface area contributed by atoms with Crippen molar-refractivity contribution in [2.75, 3.05) is 26.3 Å². The fourth-order valence-corrected chi connectivity index (χ4v) is 1.88. The minimum absolute atomic E-state index is 0.0162. The number of carbonyl (C=O) groups excluding carboxylic acids is 1. The van der Waals surface area contributed by atoms with Crippen molar-refractivity contribution in [2.24, 2.45) is 0 Å². The van der Waals surface area contributed by atoms with Gasteiger partial charge in [-0.15, -0.1) is 0 Å². The second-order valence-electron chi connectivity index (χ2n) is 4.69. The Morgan fingerprint density at radius 1 is 1.00 bits per heavy atom. The molecule has 0 atom stereocenters. The molecule has 0 aliphatic carbocycles. The van der Waals surface area contributed by atoms with E-state index >= 15 is 0 Å². The molecule has 0 bridgehead atoms. The van der Waals surface area contributed by atoms with Gasteiger partial charge in [0.25, 0.3) is 0 Å². The maximum Gasteiger partial charge on any atom is 0.222 e. The fraction of sp³-hybridized carbons (Fsp3) is 0.800. The molecule has 0 rings (SSSR count). The first-order valence-corrected chi connectivity index (χ1v) is 7.40. The molecule has 0 spiro atoms. The van der Waals surface area contributed by atoms with Gasteiger partial charge in [0.15, 0.2) is 0 Å². The van der Waals surface area contributed by atoms with Gasteiger partial charge in [0.2, 0.25) is 5.91 Å². The summed E-state index contributed by atoms with van der Waals surface area (Å²) >= 11 is 0. The fourth-order valence-electron chi connectivity index (χ4n) is 1.88. The molecular formula is C15H29NO3. The smallest absolute Gasteiger partial charge is 0.222 e. The van der Waals surface area contributed by atoms with Gasteiger partial charge in [0.05, 0.1) is 13.2 Å². The van der Waals surface area contributed by atoms with E-state index in [4.69, 9.17) is 10.2 Å². The predicted octanol–water partition coefficient (Wildman–Crippen LogP) is 2.11. The monoisotopic (exact) mass is 271 g/mol. The maximum absolute atomic E-state index is 11.8. The first-order valence-electron chi connectivity index (χ1n) is 7.40. The van der Waals surface area contributed by atoms with Crippen molar-refractivity contribution < 1.29 is 15.0 Å². The number of carbonyl (C=O) groups is 1. The van der Waals surface area contributed by atoms with Crippen molar-refractivity contribution in [1.29, 1.82) is 0 Å². The van der Waals surface area contributed by atoms with Crippen LogP contribution in [0, 0.1) is 0 Å². The van der Waals surface area contributed by atoms with E-state index in [1.807, 2.05) is 0 Å². The highest BCUT2D eigenvalue weighted by atomic mass is 16.3. The molecule has 0 saturated heterocycles. The average molecular weight is 271 g/mol. The molecule has 0 aliphatic heterocycles. The van der Waals surface area contributed by atoms with E-state index in [0.717, 1.165) is 19.3 Å². The molecule has 4 heteroatoms. The Labute approximate surface area is 117 Å². The van der Waals surface area contributed by atoms with Gasteiger partial charge in [-0.25, -0.2) is 0 Å². The number of rotatable bonds is 12. The van der Waals surface area contributed by atoms with Gasteiger partial charge in [0.1, 0.15) is 0 Å². The highest BCUT2D eigenvalue weighted by molar-refractivity contribution is 5.76. The molecule has 0 aromatic carbocycles. The van der Waals surface area contributed by atoms with Crippen LogP contribution in [-0.4, -0.2) is 47.3 Å². The molecule has 0 fully saturated rings. The molecule has 0 heterocycles. The minimum Gasteiger partial charge on any atom is -0.395 e. The summed E-state index contributed by atoms with van der Waals surface area (Å²) in [5, 5.41) is 17.7. The molecule has 4 nitrogen and oxygen atoms in total. The van der Waals surface area contributed by atoms with Crippen LogP contribution in [0.5, 0.6) is 0 Å². The van der Waals surface area contributed by atoms with E-state index in [1.54, 1.807) is 0 Å². The Hall–Kier alpha value is -0.870. The van der Waals surface area contributed by atoms with Crippen LogP contribution in [0.4, 0.5) is 0 Å². The van der Waals surface area contributed by atoms with E-state index in [0.29, 0.717) is 19.5 Å². The zero-order valence-electron chi connectivity index (χ0n) is 12.2. The highest BCUT2D eigenvalue weighted by Crippen LogP contribution is 2.04. The van der Waals surface area contributed by atoms with Gasteiger partial charge in [-0.3, -0.25) is 4.79 Å². The van der Waals surface area contributed by atoms with Crippen molar-refractivity contribution in [1.82, 2.24) is 4.90 Å². The number of amides is 1.